The molecule has 2 heterocycles. The van der Waals surface area contributed by atoms with Crippen molar-refractivity contribution in [2.45, 2.75) is 19.0 Å². The third-order valence-electron chi connectivity index (χ3n) is 2.55. The summed E-state index contributed by atoms with van der Waals surface area (Å²) in [5, 5.41) is 0. The van der Waals surface area contributed by atoms with Gasteiger partial charge in [0.15, 0.2) is 0 Å². The Morgan fingerprint density at radius 1 is 1.50 bits per heavy atom. The molecule has 0 spiro atoms. The lowest BCUT2D eigenvalue weighted by Gasteiger charge is -2.43. The minimum absolute atomic E-state index is 0.220. The summed E-state index contributed by atoms with van der Waals surface area (Å²) in [5.41, 5.74) is 5.81. The van der Waals surface area contributed by atoms with E-state index in [9.17, 15) is 0 Å². The van der Waals surface area contributed by atoms with E-state index in [2.05, 4.69) is 16.9 Å². The van der Waals surface area contributed by atoms with Crippen LogP contribution in [0.4, 0.5) is 0 Å². The van der Waals surface area contributed by atoms with Crippen LogP contribution in [0.25, 0.3) is 0 Å². The van der Waals surface area contributed by atoms with Crippen molar-refractivity contribution in [1.29, 1.82) is 0 Å². The molecule has 54 valence electrons. The third-order valence-corrected chi connectivity index (χ3v) is 2.55. The Kier molecular flexibility index (Phi) is 1.14. The van der Waals surface area contributed by atoms with Gasteiger partial charge < -0.3 is 5.73 Å². The van der Waals surface area contributed by atoms with Gasteiger partial charge in [-0.1, -0.05) is 6.92 Å². The zero-order chi connectivity index (χ0) is 7.14. The van der Waals surface area contributed by atoms with E-state index < -0.39 is 0 Å². The highest BCUT2D eigenvalue weighted by Gasteiger charge is 2.45. The van der Waals surface area contributed by atoms with Gasteiger partial charge in [0.2, 0.25) is 0 Å². The number of aliphatic imine (C=N–C) groups is 2. The van der Waals surface area contributed by atoms with E-state index in [-0.39, 0.29) is 6.04 Å². The maximum atomic E-state index is 5.81. The molecule has 4 atom stereocenters. The van der Waals surface area contributed by atoms with Gasteiger partial charge in [-0.25, -0.2) is 4.99 Å². The molecule has 0 amide bonds. The van der Waals surface area contributed by atoms with E-state index in [0.717, 1.165) is 0 Å². The quantitative estimate of drug-likeness (QED) is 0.504. The van der Waals surface area contributed by atoms with E-state index in [4.69, 9.17) is 5.73 Å². The first-order valence-electron chi connectivity index (χ1n) is 3.61. The molecule has 1 saturated carbocycles. The summed E-state index contributed by atoms with van der Waals surface area (Å²) in [7, 11) is 0. The Bertz CT molecular complexity index is 167. The first-order valence-corrected chi connectivity index (χ1v) is 3.61. The van der Waals surface area contributed by atoms with Gasteiger partial charge >= 0.3 is 0 Å². The van der Waals surface area contributed by atoms with Gasteiger partial charge in [-0.3, -0.25) is 4.99 Å². The molecule has 3 nitrogen and oxygen atoms in total. The predicted molar refractivity (Wildman–Crippen MR) is 41.4 cm³/mol. The summed E-state index contributed by atoms with van der Waals surface area (Å²) in [6.07, 6.45) is 3.54. The molecule has 10 heavy (non-hydrogen) atoms. The first-order chi connectivity index (χ1) is 4.80. The van der Waals surface area contributed by atoms with Crippen LogP contribution in [0.3, 0.4) is 0 Å². The van der Waals surface area contributed by atoms with E-state index in [1.807, 2.05) is 6.21 Å². The van der Waals surface area contributed by atoms with Crippen molar-refractivity contribution < 1.29 is 0 Å². The van der Waals surface area contributed by atoms with Gasteiger partial charge in [0.05, 0.1) is 6.04 Å². The smallest absolute Gasteiger partial charge is 0.109 e. The first kappa shape index (κ1) is 6.04. The number of nitrogens with zero attached hydrogens (tertiary/aromatic N) is 2. The molecular formula is C7H11N3. The number of fused-ring (bicyclic) bond motifs is 1. The molecule has 0 aromatic rings. The summed E-state index contributed by atoms with van der Waals surface area (Å²) in [6.45, 7) is 2.17. The second-order valence-corrected chi connectivity index (χ2v) is 3.07. The van der Waals surface area contributed by atoms with Crippen molar-refractivity contribution in [2.24, 2.45) is 27.6 Å². The highest BCUT2D eigenvalue weighted by molar-refractivity contribution is 5.77. The van der Waals surface area contributed by atoms with Gasteiger partial charge in [0.1, 0.15) is 6.34 Å². The third kappa shape index (κ3) is 0.583. The molecule has 0 aromatic carbocycles. The van der Waals surface area contributed by atoms with Crippen LogP contribution in [0.1, 0.15) is 6.92 Å². The van der Waals surface area contributed by atoms with Crippen molar-refractivity contribution in [3.8, 4) is 0 Å². The number of hydrogen-bond donors (Lipinski definition) is 1. The Morgan fingerprint density at radius 2 is 2.30 bits per heavy atom. The summed E-state index contributed by atoms with van der Waals surface area (Å²) >= 11 is 0. The zero-order valence-corrected chi connectivity index (χ0v) is 5.94. The lowest BCUT2D eigenvalue weighted by molar-refractivity contribution is 0.181. The van der Waals surface area contributed by atoms with E-state index in [1.54, 1.807) is 6.34 Å². The van der Waals surface area contributed by atoms with Crippen molar-refractivity contribution in [1.82, 2.24) is 0 Å². The SMILES string of the molecule is CC1C2C=NC=NC1C2N. The fraction of sp³-hybridized carbons (Fsp3) is 0.714. The molecular weight excluding hydrogens is 126 g/mol. The van der Waals surface area contributed by atoms with Crippen LogP contribution in [0.2, 0.25) is 0 Å². The van der Waals surface area contributed by atoms with Crippen molar-refractivity contribution in [3.63, 3.8) is 0 Å². The Labute approximate surface area is 60.0 Å². The van der Waals surface area contributed by atoms with Crippen LogP contribution in [0.5, 0.6) is 0 Å². The van der Waals surface area contributed by atoms with Crippen LogP contribution in [-0.2, 0) is 0 Å². The Morgan fingerprint density at radius 3 is 3.00 bits per heavy atom. The minimum atomic E-state index is 0.220. The second-order valence-electron chi connectivity index (χ2n) is 3.07. The summed E-state index contributed by atoms with van der Waals surface area (Å²) in [6, 6.07) is 0.546. The average Bonchev–Trinajstić information content (AvgIpc) is 2.22. The lowest BCUT2D eigenvalue weighted by Crippen LogP contribution is -2.58. The van der Waals surface area contributed by atoms with Gasteiger partial charge in [0, 0.05) is 18.2 Å². The molecule has 2 aliphatic heterocycles. The summed E-state index contributed by atoms with van der Waals surface area (Å²) in [4.78, 5) is 8.20. The van der Waals surface area contributed by atoms with Gasteiger partial charge in [0.25, 0.3) is 0 Å². The molecule has 2 bridgehead atoms. The van der Waals surface area contributed by atoms with E-state index >= 15 is 0 Å². The molecule has 0 aromatic heterocycles. The molecule has 2 N–H and O–H groups in total. The van der Waals surface area contributed by atoms with Gasteiger partial charge in [-0.05, 0) is 5.92 Å². The fourth-order valence-corrected chi connectivity index (χ4v) is 1.73. The Hall–Kier alpha value is -0.700. The van der Waals surface area contributed by atoms with Crippen LogP contribution < -0.4 is 5.73 Å². The zero-order valence-electron chi connectivity index (χ0n) is 5.94. The van der Waals surface area contributed by atoms with Gasteiger partial charge in [-0.15, -0.1) is 0 Å². The molecule has 0 radical (unpaired) electrons. The lowest BCUT2D eigenvalue weighted by atomic mass is 9.67. The molecule has 3 rings (SSSR count). The maximum absolute atomic E-state index is 5.81. The topological polar surface area (TPSA) is 50.7 Å². The summed E-state index contributed by atoms with van der Waals surface area (Å²) < 4.78 is 0. The highest BCUT2D eigenvalue weighted by atomic mass is 15.0. The van der Waals surface area contributed by atoms with Crippen molar-refractivity contribution in [3.05, 3.63) is 0 Å². The molecule has 1 fully saturated rings. The van der Waals surface area contributed by atoms with Crippen molar-refractivity contribution in [2.75, 3.05) is 0 Å². The highest BCUT2D eigenvalue weighted by Crippen LogP contribution is 2.35. The standard InChI is InChI=1S/C7H11N3/c1-4-5-2-9-3-10-7(4)6(5)8/h2-7H,8H2,1H3. The van der Waals surface area contributed by atoms with Crippen LogP contribution in [-0.4, -0.2) is 24.6 Å². The molecule has 0 saturated heterocycles. The monoisotopic (exact) mass is 137 g/mol. The average molecular weight is 137 g/mol. The molecule has 3 heteroatoms. The molecule has 3 aliphatic rings. The minimum Gasteiger partial charge on any atom is -0.325 e. The predicted octanol–water partition coefficient (Wildman–Crippen LogP) is 0.0609. The van der Waals surface area contributed by atoms with Gasteiger partial charge in [-0.2, -0.15) is 0 Å². The summed E-state index contributed by atoms with van der Waals surface area (Å²) in [5.74, 6) is 1.06. The van der Waals surface area contributed by atoms with Crippen LogP contribution in [0, 0.1) is 11.8 Å². The molecule has 4 unspecified atom stereocenters. The van der Waals surface area contributed by atoms with E-state index in [1.165, 1.54) is 0 Å². The number of nitrogens with two attached hydrogens (primary N) is 1. The Balaban J connectivity index is 2.27. The number of hydrogen-bond acceptors (Lipinski definition) is 3. The molecule has 1 aliphatic carbocycles. The number of rotatable bonds is 0. The fourth-order valence-electron chi connectivity index (χ4n) is 1.73. The maximum Gasteiger partial charge on any atom is 0.109 e. The van der Waals surface area contributed by atoms with E-state index in [0.29, 0.717) is 17.9 Å². The normalized spacial score (nSPS) is 50.2. The van der Waals surface area contributed by atoms with Crippen LogP contribution in [0.15, 0.2) is 9.98 Å². The largest absolute Gasteiger partial charge is 0.325 e. The second kappa shape index (κ2) is 1.89. The van der Waals surface area contributed by atoms with Crippen molar-refractivity contribution >= 4 is 12.6 Å². The van der Waals surface area contributed by atoms with Crippen LogP contribution >= 0.6 is 0 Å².